The van der Waals surface area contributed by atoms with Gasteiger partial charge in [0.15, 0.2) is 0 Å². The predicted octanol–water partition coefficient (Wildman–Crippen LogP) is 3.98. The summed E-state index contributed by atoms with van der Waals surface area (Å²) >= 11 is 0. The summed E-state index contributed by atoms with van der Waals surface area (Å²) in [4.78, 5) is 2.79. The third kappa shape index (κ3) is 2.64. The molecule has 1 atom stereocenters. The Morgan fingerprint density at radius 2 is 2.10 bits per heavy atom. The summed E-state index contributed by atoms with van der Waals surface area (Å²) in [6.45, 7) is 0.354. The highest BCUT2D eigenvalue weighted by Gasteiger charge is 2.25. The van der Waals surface area contributed by atoms with Gasteiger partial charge in [-0.2, -0.15) is 0 Å². The van der Waals surface area contributed by atoms with Gasteiger partial charge in [0.05, 0.1) is 13.7 Å². The number of methoxy groups -OCH3 is 1. The van der Waals surface area contributed by atoms with E-state index in [2.05, 4.69) is 16.1 Å². The van der Waals surface area contributed by atoms with E-state index in [-0.39, 0.29) is 6.10 Å². The summed E-state index contributed by atoms with van der Waals surface area (Å²) in [5.41, 5.74) is 11.7. The van der Waals surface area contributed by atoms with Crippen molar-refractivity contribution in [3.8, 4) is 22.6 Å². The number of nitrogens with zero attached hydrogens (tertiary/aromatic N) is 3. The van der Waals surface area contributed by atoms with Crippen molar-refractivity contribution >= 4 is 0 Å². The quantitative estimate of drug-likeness (QED) is 0.483. The normalized spacial score (nSPS) is 15.8. The number of para-hydroxylation sites is 1. The molecule has 1 aliphatic heterocycles. The molecule has 3 rings (SSSR count). The van der Waals surface area contributed by atoms with Crippen LogP contribution < -0.4 is 9.47 Å². The van der Waals surface area contributed by atoms with Crippen LogP contribution in [0.15, 0.2) is 47.6 Å². The van der Waals surface area contributed by atoms with Gasteiger partial charge in [-0.15, -0.1) is 0 Å². The number of benzene rings is 2. The fourth-order valence-corrected chi connectivity index (χ4v) is 2.57. The topological polar surface area (TPSA) is 67.2 Å². The van der Waals surface area contributed by atoms with Gasteiger partial charge in [-0.3, -0.25) is 0 Å². The van der Waals surface area contributed by atoms with Gasteiger partial charge in [-0.25, -0.2) is 0 Å². The highest BCUT2D eigenvalue weighted by atomic mass is 16.5. The van der Waals surface area contributed by atoms with Gasteiger partial charge in [-0.1, -0.05) is 35.4 Å². The number of hydrogen-bond donors (Lipinski definition) is 0. The highest BCUT2D eigenvalue weighted by molar-refractivity contribution is 5.73. The van der Waals surface area contributed by atoms with Crippen molar-refractivity contribution in [1.82, 2.24) is 0 Å². The minimum Gasteiger partial charge on any atom is -0.497 e. The van der Waals surface area contributed by atoms with E-state index < -0.39 is 0 Å². The summed E-state index contributed by atoms with van der Waals surface area (Å²) in [6, 6.07) is 14.0. The maximum atomic E-state index is 8.42. The molecule has 21 heavy (non-hydrogen) atoms. The molecule has 0 spiro atoms. The van der Waals surface area contributed by atoms with Gasteiger partial charge in [-0.05, 0) is 28.8 Å². The van der Waals surface area contributed by atoms with Crippen LogP contribution in [0.1, 0.15) is 5.56 Å². The van der Waals surface area contributed by atoms with E-state index in [4.69, 9.17) is 15.0 Å². The van der Waals surface area contributed by atoms with Gasteiger partial charge < -0.3 is 9.47 Å². The molecule has 5 heteroatoms. The molecule has 2 aromatic rings. The first-order valence-corrected chi connectivity index (χ1v) is 6.75. The molecule has 0 aliphatic carbocycles. The lowest BCUT2D eigenvalue weighted by molar-refractivity contribution is 0.242. The third-order valence-corrected chi connectivity index (χ3v) is 3.58. The third-order valence-electron chi connectivity index (χ3n) is 3.58. The molecule has 0 radical (unpaired) electrons. The molecule has 0 saturated carbocycles. The van der Waals surface area contributed by atoms with Crippen molar-refractivity contribution in [2.75, 3.05) is 13.7 Å². The van der Waals surface area contributed by atoms with Crippen molar-refractivity contribution in [3.05, 3.63) is 58.5 Å². The SMILES string of the molecule is COc1ccc(-c2cccc3c2OC(CN=[N+]=[N-])C3)cc1. The van der Waals surface area contributed by atoms with Crippen molar-refractivity contribution in [1.29, 1.82) is 0 Å². The van der Waals surface area contributed by atoms with E-state index >= 15 is 0 Å². The molecule has 0 bridgehead atoms. The number of azide groups is 1. The van der Waals surface area contributed by atoms with Crippen LogP contribution in [-0.2, 0) is 6.42 Å². The minimum absolute atomic E-state index is 0.0738. The van der Waals surface area contributed by atoms with Crippen LogP contribution in [0.4, 0.5) is 0 Å². The van der Waals surface area contributed by atoms with E-state index in [1.165, 1.54) is 0 Å². The average Bonchev–Trinajstić information content (AvgIpc) is 2.96. The predicted molar refractivity (Wildman–Crippen MR) is 80.6 cm³/mol. The molecule has 5 nitrogen and oxygen atoms in total. The molecule has 0 fully saturated rings. The van der Waals surface area contributed by atoms with Crippen LogP contribution in [-0.4, -0.2) is 19.8 Å². The van der Waals surface area contributed by atoms with Crippen LogP contribution in [0.2, 0.25) is 0 Å². The molecule has 0 saturated heterocycles. The highest BCUT2D eigenvalue weighted by Crippen LogP contribution is 2.39. The van der Waals surface area contributed by atoms with E-state index in [0.717, 1.165) is 34.6 Å². The van der Waals surface area contributed by atoms with Crippen LogP contribution in [0.3, 0.4) is 0 Å². The maximum Gasteiger partial charge on any atom is 0.130 e. The smallest absolute Gasteiger partial charge is 0.130 e. The fraction of sp³-hybridized carbons (Fsp3) is 0.250. The standard InChI is InChI=1S/C16H15N3O2/c1-20-13-7-5-11(6-8-13)15-4-2-3-12-9-14(10-18-19-17)21-16(12)15/h2-8,14H,9-10H2,1H3. The number of rotatable bonds is 4. The average molecular weight is 281 g/mol. The Kier molecular flexibility index (Phi) is 3.67. The summed E-state index contributed by atoms with van der Waals surface area (Å²) in [5.74, 6) is 1.72. The van der Waals surface area contributed by atoms with Gasteiger partial charge in [0.25, 0.3) is 0 Å². The Morgan fingerprint density at radius 1 is 1.29 bits per heavy atom. The van der Waals surface area contributed by atoms with E-state index in [1.54, 1.807) is 7.11 Å². The first kappa shape index (κ1) is 13.3. The molecule has 0 amide bonds. The first-order chi connectivity index (χ1) is 10.3. The van der Waals surface area contributed by atoms with Crippen molar-refractivity contribution in [3.63, 3.8) is 0 Å². The molecule has 2 aromatic carbocycles. The maximum absolute atomic E-state index is 8.42. The van der Waals surface area contributed by atoms with Crippen molar-refractivity contribution in [2.24, 2.45) is 5.11 Å². The minimum atomic E-state index is -0.0738. The monoisotopic (exact) mass is 281 g/mol. The Labute approximate surface area is 122 Å². The van der Waals surface area contributed by atoms with Gasteiger partial charge >= 0.3 is 0 Å². The van der Waals surface area contributed by atoms with Crippen LogP contribution in [0.5, 0.6) is 11.5 Å². The molecule has 106 valence electrons. The molecule has 0 aromatic heterocycles. The van der Waals surface area contributed by atoms with Crippen LogP contribution >= 0.6 is 0 Å². The Morgan fingerprint density at radius 3 is 2.81 bits per heavy atom. The lowest BCUT2D eigenvalue weighted by Crippen LogP contribution is -2.16. The molecule has 1 aliphatic rings. The summed E-state index contributed by atoms with van der Waals surface area (Å²) in [6.07, 6.45) is 0.702. The first-order valence-electron chi connectivity index (χ1n) is 6.75. The van der Waals surface area contributed by atoms with Gasteiger partial charge in [0, 0.05) is 16.9 Å². The van der Waals surface area contributed by atoms with Crippen molar-refractivity contribution < 1.29 is 9.47 Å². The molecule has 1 unspecified atom stereocenters. The molecular weight excluding hydrogens is 266 g/mol. The zero-order valence-electron chi connectivity index (χ0n) is 11.7. The van der Waals surface area contributed by atoms with Gasteiger partial charge in [0.2, 0.25) is 0 Å². The second kappa shape index (κ2) is 5.77. The summed E-state index contributed by atoms with van der Waals surface area (Å²) < 4.78 is 11.1. The summed E-state index contributed by atoms with van der Waals surface area (Å²) in [5, 5.41) is 3.60. The Bertz CT molecular complexity index is 691. The zero-order chi connectivity index (χ0) is 14.7. The number of fused-ring (bicyclic) bond motifs is 1. The Balaban J connectivity index is 1.92. The number of hydrogen-bond acceptors (Lipinski definition) is 3. The largest absolute Gasteiger partial charge is 0.497 e. The summed E-state index contributed by atoms with van der Waals surface area (Å²) in [7, 11) is 1.65. The van der Waals surface area contributed by atoms with E-state index in [0.29, 0.717) is 6.54 Å². The second-order valence-corrected chi connectivity index (χ2v) is 4.88. The van der Waals surface area contributed by atoms with E-state index in [1.807, 2.05) is 36.4 Å². The van der Waals surface area contributed by atoms with E-state index in [9.17, 15) is 0 Å². The Hall–Kier alpha value is -2.65. The lowest BCUT2D eigenvalue weighted by Gasteiger charge is -2.11. The molecular formula is C16H15N3O2. The lowest BCUT2D eigenvalue weighted by atomic mass is 10.0. The molecule has 0 N–H and O–H groups in total. The zero-order valence-corrected chi connectivity index (χ0v) is 11.7. The molecule has 1 heterocycles. The number of ether oxygens (including phenoxy) is 2. The fourth-order valence-electron chi connectivity index (χ4n) is 2.57. The van der Waals surface area contributed by atoms with Crippen molar-refractivity contribution in [2.45, 2.75) is 12.5 Å². The van der Waals surface area contributed by atoms with Crippen LogP contribution in [0, 0.1) is 0 Å². The van der Waals surface area contributed by atoms with Gasteiger partial charge in [0.1, 0.15) is 17.6 Å². The van der Waals surface area contributed by atoms with Crippen LogP contribution in [0.25, 0.3) is 21.6 Å². The second-order valence-electron chi connectivity index (χ2n) is 4.88.